The van der Waals surface area contributed by atoms with Gasteiger partial charge in [0.15, 0.2) is 8.03 Å². The van der Waals surface area contributed by atoms with E-state index in [0.29, 0.717) is 12.8 Å². The molecule has 0 bridgehead atoms. The van der Waals surface area contributed by atoms with Crippen LogP contribution in [-0.4, -0.2) is 24.9 Å². The molecule has 0 aromatic carbocycles. The number of rotatable bonds is 4. The van der Waals surface area contributed by atoms with Crippen LogP contribution in [0.5, 0.6) is 0 Å². The second-order valence-corrected chi connectivity index (χ2v) is 4.96. The molecule has 1 saturated heterocycles. The van der Waals surface area contributed by atoms with Crippen LogP contribution in [0, 0.1) is 0 Å². The van der Waals surface area contributed by atoms with Gasteiger partial charge in [-0.2, -0.15) is 0 Å². The zero-order valence-electron chi connectivity index (χ0n) is 7.85. The molecule has 72 valence electrons. The summed E-state index contributed by atoms with van der Waals surface area (Å²) in [6, 6.07) is 0. The number of nitrogens with one attached hydrogen (secondary N) is 1. The number of hydrogen-bond donors (Lipinski definition) is 1. The van der Waals surface area contributed by atoms with Gasteiger partial charge in [0.05, 0.1) is 6.61 Å². The molecule has 2 atom stereocenters. The van der Waals surface area contributed by atoms with Crippen LogP contribution in [0.4, 0.5) is 0 Å². The van der Waals surface area contributed by atoms with E-state index in [-0.39, 0.29) is 5.54 Å². The average molecular weight is 191 g/mol. The summed E-state index contributed by atoms with van der Waals surface area (Å²) < 4.78 is 16.4. The standard InChI is InChI=1S/C8H18NO2P/c1-3-11-12(10)7-8(2)5-4-6-9-8/h9,12H,3-7H2,1-2H3. The topological polar surface area (TPSA) is 38.3 Å². The van der Waals surface area contributed by atoms with E-state index in [2.05, 4.69) is 12.2 Å². The van der Waals surface area contributed by atoms with Crippen LogP contribution in [0.25, 0.3) is 0 Å². The third-order valence-electron chi connectivity index (χ3n) is 2.30. The normalized spacial score (nSPS) is 32.2. The first kappa shape index (κ1) is 10.2. The first-order valence-corrected chi connectivity index (χ1v) is 6.09. The first-order valence-electron chi connectivity index (χ1n) is 4.57. The highest BCUT2D eigenvalue weighted by atomic mass is 31.1. The largest absolute Gasteiger partial charge is 0.331 e. The van der Waals surface area contributed by atoms with E-state index >= 15 is 0 Å². The van der Waals surface area contributed by atoms with Crippen LogP contribution in [0.1, 0.15) is 26.7 Å². The molecule has 4 heteroatoms. The molecule has 0 saturated carbocycles. The minimum absolute atomic E-state index is 0.0746. The van der Waals surface area contributed by atoms with Crippen LogP contribution >= 0.6 is 8.03 Å². The summed E-state index contributed by atoms with van der Waals surface area (Å²) in [6.45, 7) is 5.63. The maximum absolute atomic E-state index is 11.3. The predicted molar refractivity (Wildman–Crippen MR) is 51.1 cm³/mol. The maximum Gasteiger partial charge on any atom is 0.193 e. The second kappa shape index (κ2) is 4.40. The van der Waals surface area contributed by atoms with Crippen molar-refractivity contribution in [1.29, 1.82) is 0 Å². The molecule has 1 heterocycles. The minimum atomic E-state index is -1.79. The third kappa shape index (κ3) is 2.89. The molecule has 0 radical (unpaired) electrons. The van der Waals surface area contributed by atoms with Gasteiger partial charge in [-0.25, -0.2) is 0 Å². The highest BCUT2D eigenvalue weighted by Gasteiger charge is 2.29. The maximum atomic E-state index is 11.3. The van der Waals surface area contributed by atoms with Crippen molar-refractivity contribution >= 4 is 8.03 Å². The summed E-state index contributed by atoms with van der Waals surface area (Å²) in [6.07, 6.45) is 3.00. The summed E-state index contributed by atoms with van der Waals surface area (Å²) >= 11 is 0. The molecule has 1 aliphatic heterocycles. The highest BCUT2D eigenvalue weighted by molar-refractivity contribution is 7.39. The van der Waals surface area contributed by atoms with Gasteiger partial charge >= 0.3 is 0 Å². The smallest absolute Gasteiger partial charge is 0.193 e. The van der Waals surface area contributed by atoms with Gasteiger partial charge in [0.1, 0.15) is 0 Å². The zero-order valence-corrected chi connectivity index (χ0v) is 8.85. The molecule has 1 fully saturated rings. The number of hydrogen-bond acceptors (Lipinski definition) is 3. The minimum Gasteiger partial charge on any atom is -0.331 e. The van der Waals surface area contributed by atoms with E-state index < -0.39 is 8.03 Å². The Bertz CT molecular complexity index is 166. The fraction of sp³-hybridized carbons (Fsp3) is 1.00. The third-order valence-corrected chi connectivity index (χ3v) is 3.98. The average Bonchev–Trinajstić information content (AvgIpc) is 2.36. The molecule has 2 unspecified atom stereocenters. The molecular formula is C8H18NO2P. The Morgan fingerprint density at radius 1 is 1.67 bits per heavy atom. The second-order valence-electron chi connectivity index (χ2n) is 3.57. The molecule has 0 aromatic rings. The van der Waals surface area contributed by atoms with Crippen molar-refractivity contribution in [3.63, 3.8) is 0 Å². The van der Waals surface area contributed by atoms with Gasteiger partial charge < -0.3 is 9.84 Å². The van der Waals surface area contributed by atoms with Crippen LogP contribution in [-0.2, 0) is 9.09 Å². The monoisotopic (exact) mass is 191 g/mol. The summed E-state index contributed by atoms with van der Waals surface area (Å²) in [4.78, 5) is 0. The van der Waals surface area contributed by atoms with E-state index in [1.807, 2.05) is 6.92 Å². The molecule has 0 aliphatic carbocycles. The summed E-state index contributed by atoms with van der Waals surface area (Å²) in [5.41, 5.74) is 0.0746. The Morgan fingerprint density at radius 2 is 2.42 bits per heavy atom. The summed E-state index contributed by atoms with van der Waals surface area (Å²) in [5, 5.41) is 3.37. The highest BCUT2D eigenvalue weighted by Crippen LogP contribution is 2.31. The molecule has 0 spiro atoms. The van der Waals surface area contributed by atoms with Gasteiger partial charge in [-0.05, 0) is 33.2 Å². The lowest BCUT2D eigenvalue weighted by Crippen LogP contribution is -2.38. The van der Waals surface area contributed by atoms with Crippen molar-refractivity contribution in [1.82, 2.24) is 5.32 Å². The van der Waals surface area contributed by atoms with Gasteiger partial charge in [0, 0.05) is 11.7 Å². The van der Waals surface area contributed by atoms with Crippen molar-refractivity contribution < 1.29 is 9.09 Å². The Balaban J connectivity index is 2.33. The molecule has 0 amide bonds. The Hall–Kier alpha value is 0.150. The van der Waals surface area contributed by atoms with Crippen molar-refractivity contribution in [2.24, 2.45) is 0 Å². The van der Waals surface area contributed by atoms with Crippen LogP contribution < -0.4 is 5.32 Å². The fourth-order valence-corrected chi connectivity index (χ4v) is 3.00. The van der Waals surface area contributed by atoms with E-state index in [9.17, 15) is 4.57 Å². The van der Waals surface area contributed by atoms with Gasteiger partial charge in [-0.3, -0.25) is 4.57 Å². The molecule has 1 aliphatic rings. The van der Waals surface area contributed by atoms with Crippen LogP contribution in [0.2, 0.25) is 0 Å². The van der Waals surface area contributed by atoms with E-state index in [1.54, 1.807) is 0 Å². The van der Waals surface area contributed by atoms with E-state index in [0.717, 1.165) is 13.0 Å². The Labute approximate surface area is 74.7 Å². The van der Waals surface area contributed by atoms with Crippen LogP contribution in [0.3, 0.4) is 0 Å². The van der Waals surface area contributed by atoms with Crippen molar-refractivity contribution in [3.8, 4) is 0 Å². The lowest BCUT2D eigenvalue weighted by atomic mass is 10.0. The van der Waals surface area contributed by atoms with Crippen molar-refractivity contribution in [2.75, 3.05) is 19.3 Å². The Morgan fingerprint density at radius 3 is 2.92 bits per heavy atom. The van der Waals surface area contributed by atoms with Gasteiger partial charge in [-0.1, -0.05) is 0 Å². The molecule has 1 N–H and O–H groups in total. The molecular weight excluding hydrogens is 173 g/mol. The fourth-order valence-electron chi connectivity index (χ4n) is 1.64. The van der Waals surface area contributed by atoms with Crippen molar-refractivity contribution in [2.45, 2.75) is 32.2 Å². The van der Waals surface area contributed by atoms with E-state index in [1.165, 1.54) is 6.42 Å². The van der Waals surface area contributed by atoms with E-state index in [4.69, 9.17) is 4.52 Å². The van der Waals surface area contributed by atoms with Crippen LogP contribution in [0.15, 0.2) is 0 Å². The van der Waals surface area contributed by atoms with Gasteiger partial charge in [-0.15, -0.1) is 0 Å². The molecule has 1 rings (SSSR count). The van der Waals surface area contributed by atoms with Crippen molar-refractivity contribution in [3.05, 3.63) is 0 Å². The first-order chi connectivity index (χ1) is 5.66. The lowest BCUT2D eigenvalue weighted by Gasteiger charge is -2.23. The SMILES string of the molecule is CCO[PH](=O)CC1(C)CCCN1. The zero-order chi connectivity index (χ0) is 9.03. The molecule has 3 nitrogen and oxygen atoms in total. The van der Waals surface area contributed by atoms with Gasteiger partial charge in [0.2, 0.25) is 0 Å². The lowest BCUT2D eigenvalue weighted by molar-refractivity contribution is 0.338. The molecule has 0 aromatic heterocycles. The molecule has 12 heavy (non-hydrogen) atoms. The predicted octanol–water partition coefficient (Wildman–Crippen LogP) is 1.64. The Kier molecular flexibility index (Phi) is 3.76. The quantitative estimate of drug-likeness (QED) is 0.686. The van der Waals surface area contributed by atoms with Gasteiger partial charge in [0.25, 0.3) is 0 Å². The summed E-state index contributed by atoms with van der Waals surface area (Å²) in [5.74, 6) is 0. The summed E-state index contributed by atoms with van der Waals surface area (Å²) in [7, 11) is -1.79.